The van der Waals surface area contributed by atoms with E-state index >= 15 is 0 Å². The first kappa shape index (κ1) is 18.8. The van der Waals surface area contributed by atoms with Gasteiger partial charge in [-0.3, -0.25) is 4.79 Å². The number of nitrogens with zero attached hydrogens (tertiary/aromatic N) is 2. The summed E-state index contributed by atoms with van der Waals surface area (Å²) in [6.07, 6.45) is 1.50. The third-order valence-corrected chi connectivity index (χ3v) is 4.21. The molecule has 0 spiro atoms. The highest BCUT2D eigenvalue weighted by Gasteiger charge is 2.30. The molecule has 8 nitrogen and oxygen atoms in total. The zero-order chi connectivity index (χ0) is 19.0. The van der Waals surface area contributed by atoms with Crippen molar-refractivity contribution >= 4 is 38.7 Å². The first-order valence-electron chi connectivity index (χ1n) is 7.42. The van der Waals surface area contributed by atoms with E-state index in [1.807, 2.05) is 0 Å². The normalized spacial score (nSPS) is 12.2. The average molecular weight is 368 g/mol. The first-order valence-corrected chi connectivity index (χ1v) is 9.27. The highest BCUT2D eigenvalue weighted by atomic mass is 32.2. The lowest BCUT2D eigenvalue weighted by Crippen LogP contribution is -2.40. The van der Waals surface area contributed by atoms with E-state index in [1.54, 1.807) is 39.1 Å². The molecule has 25 heavy (non-hydrogen) atoms. The summed E-state index contributed by atoms with van der Waals surface area (Å²) in [5.74, 6) is -0.993. The maximum atomic E-state index is 12.3. The number of carboxylic acids is 1. The number of aromatic nitrogens is 1. The topological polar surface area (TPSA) is 106 Å². The van der Waals surface area contributed by atoms with Gasteiger partial charge in [0.2, 0.25) is 10.0 Å². The van der Waals surface area contributed by atoms with E-state index in [0.29, 0.717) is 15.2 Å². The lowest BCUT2D eigenvalue weighted by atomic mass is 10.2. The van der Waals surface area contributed by atoms with Gasteiger partial charge in [0.05, 0.1) is 11.9 Å². The molecule has 0 unspecified atom stereocenters. The van der Waals surface area contributed by atoms with Crippen LogP contribution in [0.1, 0.15) is 20.8 Å². The van der Waals surface area contributed by atoms with Crippen LogP contribution in [0.5, 0.6) is 0 Å². The lowest BCUT2D eigenvalue weighted by Gasteiger charge is -2.26. The van der Waals surface area contributed by atoms with Crippen LogP contribution in [0, 0.1) is 0 Å². The summed E-state index contributed by atoms with van der Waals surface area (Å²) in [5.41, 5.74) is -0.115. The molecule has 2 aromatic rings. The number of aliphatic carboxylic acids is 1. The molecule has 0 bridgehead atoms. The van der Waals surface area contributed by atoms with Gasteiger partial charge in [0, 0.05) is 17.1 Å². The van der Waals surface area contributed by atoms with E-state index in [4.69, 9.17) is 9.84 Å². The number of amides is 1. The lowest BCUT2D eigenvalue weighted by molar-refractivity contribution is -0.137. The summed E-state index contributed by atoms with van der Waals surface area (Å²) in [5, 5.41) is 9.51. The number of hydrogen-bond acceptors (Lipinski definition) is 5. The molecule has 1 heterocycles. The standard InChI is InChI=1S/C16H20N2O6S/c1-16(2,3)24-15(21)18(25(4,22)23)12-5-6-13-11(9-12)7-8-17(13)10-14(19)20/h5-9H,10H2,1-4H3,(H,19,20). The third-order valence-electron chi connectivity index (χ3n) is 3.19. The SMILES string of the molecule is CC(C)(C)OC(=O)N(c1ccc2c(ccn2CC(=O)O)c1)S(C)(=O)=O. The fourth-order valence-corrected chi connectivity index (χ4v) is 3.14. The van der Waals surface area contributed by atoms with Crippen LogP contribution in [0.2, 0.25) is 0 Å². The van der Waals surface area contributed by atoms with Crippen LogP contribution >= 0.6 is 0 Å². The number of ether oxygens (including phenoxy) is 1. The van der Waals surface area contributed by atoms with Crippen LogP contribution in [0.3, 0.4) is 0 Å². The van der Waals surface area contributed by atoms with Crippen molar-refractivity contribution in [2.24, 2.45) is 0 Å². The van der Waals surface area contributed by atoms with Gasteiger partial charge < -0.3 is 14.4 Å². The Hall–Kier alpha value is -2.55. The number of anilines is 1. The van der Waals surface area contributed by atoms with E-state index in [2.05, 4.69) is 0 Å². The van der Waals surface area contributed by atoms with E-state index in [9.17, 15) is 18.0 Å². The van der Waals surface area contributed by atoms with Crippen LogP contribution in [0.25, 0.3) is 10.9 Å². The Bertz CT molecular complexity index is 924. The quantitative estimate of drug-likeness (QED) is 0.888. The minimum Gasteiger partial charge on any atom is -0.480 e. The van der Waals surface area contributed by atoms with Crippen molar-refractivity contribution < 1.29 is 27.9 Å². The molecule has 0 aliphatic carbocycles. The van der Waals surface area contributed by atoms with Crippen molar-refractivity contribution in [1.82, 2.24) is 4.57 Å². The highest BCUT2D eigenvalue weighted by molar-refractivity contribution is 7.92. The number of benzene rings is 1. The predicted octanol–water partition coefficient (Wildman–Crippen LogP) is 2.43. The van der Waals surface area contributed by atoms with Gasteiger partial charge in [-0.05, 0) is 45.0 Å². The molecular formula is C16H20N2O6S. The van der Waals surface area contributed by atoms with Crippen LogP contribution in [-0.2, 0) is 26.1 Å². The molecule has 0 radical (unpaired) electrons. The summed E-state index contributed by atoms with van der Waals surface area (Å²) >= 11 is 0. The van der Waals surface area contributed by atoms with E-state index < -0.39 is 27.7 Å². The molecule has 1 aromatic heterocycles. The molecule has 0 saturated carbocycles. The summed E-state index contributed by atoms with van der Waals surface area (Å²) in [6.45, 7) is 4.70. The molecule has 1 N–H and O–H groups in total. The maximum absolute atomic E-state index is 12.3. The number of carboxylic acid groups (broad SMARTS) is 1. The smallest absolute Gasteiger partial charge is 0.428 e. The summed E-state index contributed by atoms with van der Waals surface area (Å²) < 4.78 is 31.5. The second kappa shape index (κ2) is 6.40. The van der Waals surface area contributed by atoms with E-state index in [-0.39, 0.29) is 12.2 Å². The zero-order valence-electron chi connectivity index (χ0n) is 14.4. The molecule has 0 saturated heterocycles. The molecule has 1 aromatic carbocycles. The van der Waals surface area contributed by atoms with Gasteiger partial charge in [-0.2, -0.15) is 4.31 Å². The minimum absolute atomic E-state index is 0.123. The molecule has 136 valence electrons. The largest absolute Gasteiger partial charge is 0.480 e. The minimum atomic E-state index is -3.91. The summed E-state index contributed by atoms with van der Waals surface area (Å²) in [4.78, 5) is 23.2. The highest BCUT2D eigenvalue weighted by Crippen LogP contribution is 2.26. The van der Waals surface area contributed by atoms with Gasteiger partial charge in [-0.25, -0.2) is 13.2 Å². The monoisotopic (exact) mass is 368 g/mol. The van der Waals surface area contributed by atoms with Gasteiger partial charge in [0.25, 0.3) is 0 Å². The van der Waals surface area contributed by atoms with Crippen molar-refractivity contribution in [2.45, 2.75) is 32.9 Å². The Morgan fingerprint density at radius 1 is 1.24 bits per heavy atom. The van der Waals surface area contributed by atoms with Crippen LogP contribution in [-0.4, -0.2) is 42.0 Å². The molecule has 0 fully saturated rings. The van der Waals surface area contributed by atoms with Crippen molar-refractivity contribution in [3.8, 4) is 0 Å². The van der Waals surface area contributed by atoms with Crippen molar-refractivity contribution in [3.05, 3.63) is 30.5 Å². The van der Waals surface area contributed by atoms with E-state index in [0.717, 1.165) is 6.26 Å². The number of fused-ring (bicyclic) bond motifs is 1. The van der Waals surface area contributed by atoms with Gasteiger partial charge >= 0.3 is 12.1 Å². The zero-order valence-corrected chi connectivity index (χ0v) is 15.2. The number of hydrogen-bond donors (Lipinski definition) is 1. The van der Waals surface area contributed by atoms with Crippen molar-refractivity contribution in [2.75, 3.05) is 10.6 Å². The Morgan fingerprint density at radius 2 is 1.88 bits per heavy atom. The van der Waals surface area contributed by atoms with Crippen LogP contribution < -0.4 is 4.31 Å². The predicted molar refractivity (Wildman–Crippen MR) is 93.1 cm³/mol. The third kappa shape index (κ3) is 4.50. The first-order chi connectivity index (χ1) is 11.4. The number of carbonyl (C=O) groups excluding carboxylic acids is 1. The van der Waals surface area contributed by atoms with Gasteiger partial charge in [0.15, 0.2) is 0 Å². The summed E-state index contributed by atoms with van der Waals surface area (Å²) in [6, 6.07) is 6.15. The Kier molecular flexibility index (Phi) is 4.81. The molecule has 0 aliphatic heterocycles. The molecule has 9 heteroatoms. The number of carbonyl (C=O) groups is 2. The second-order valence-corrected chi connectivity index (χ2v) is 8.42. The fraction of sp³-hybridized carbons (Fsp3) is 0.375. The molecule has 0 aliphatic rings. The van der Waals surface area contributed by atoms with Gasteiger partial charge in [0.1, 0.15) is 12.1 Å². The van der Waals surface area contributed by atoms with Crippen molar-refractivity contribution in [3.63, 3.8) is 0 Å². The van der Waals surface area contributed by atoms with E-state index in [1.165, 1.54) is 16.7 Å². The molecule has 2 rings (SSSR count). The maximum Gasteiger partial charge on any atom is 0.428 e. The van der Waals surface area contributed by atoms with Crippen molar-refractivity contribution in [1.29, 1.82) is 0 Å². The Labute approximate surface area is 145 Å². The van der Waals surface area contributed by atoms with Crippen LogP contribution in [0.15, 0.2) is 30.5 Å². The number of sulfonamides is 1. The molecule has 0 atom stereocenters. The molecular weight excluding hydrogens is 348 g/mol. The molecule has 1 amide bonds. The second-order valence-electron chi connectivity index (χ2n) is 6.59. The van der Waals surface area contributed by atoms with Crippen LogP contribution in [0.4, 0.5) is 10.5 Å². The fourth-order valence-electron chi connectivity index (χ4n) is 2.33. The Morgan fingerprint density at radius 3 is 2.40 bits per heavy atom. The van der Waals surface area contributed by atoms with Gasteiger partial charge in [-0.1, -0.05) is 0 Å². The average Bonchev–Trinajstić information content (AvgIpc) is 2.77. The Balaban J connectivity index is 2.48. The number of rotatable bonds is 4. The van der Waals surface area contributed by atoms with Gasteiger partial charge in [-0.15, -0.1) is 0 Å². The summed E-state index contributed by atoms with van der Waals surface area (Å²) in [7, 11) is -3.91.